The average Bonchev–Trinajstić information content (AvgIpc) is 3.25. The van der Waals surface area contributed by atoms with Crippen molar-refractivity contribution < 1.29 is 38.0 Å². The number of hydrogen-bond donors (Lipinski definition) is 2. The van der Waals surface area contributed by atoms with Crippen molar-refractivity contribution in [2.45, 2.75) is 63.9 Å². The zero-order valence-electron chi connectivity index (χ0n) is 22.2. The maximum Gasteiger partial charge on any atom is 0.294 e. The maximum absolute atomic E-state index is 12.0. The summed E-state index contributed by atoms with van der Waals surface area (Å²) in [6.07, 6.45) is 10.9. The molecule has 1 saturated heterocycles. The van der Waals surface area contributed by atoms with Crippen molar-refractivity contribution in [1.29, 1.82) is 0 Å². The normalized spacial score (nSPS) is 22.1. The molecule has 1 heterocycles. The number of methoxy groups -OCH3 is 1. The van der Waals surface area contributed by atoms with Crippen LogP contribution in [0.3, 0.4) is 0 Å². The summed E-state index contributed by atoms with van der Waals surface area (Å²) in [6.45, 7) is 9.51. The van der Waals surface area contributed by atoms with Crippen molar-refractivity contribution in [3.05, 3.63) is 12.2 Å². The Bertz CT molecular complexity index is 683. The van der Waals surface area contributed by atoms with Gasteiger partial charge in [0.2, 0.25) is 5.91 Å². The molecule has 0 radical (unpaired) electrons. The Morgan fingerprint density at radius 3 is 2.36 bits per heavy atom. The average molecular weight is 513 g/mol. The van der Waals surface area contributed by atoms with Gasteiger partial charge in [0, 0.05) is 26.5 Å². The second-order valence-corrected chi connectivity index (χ2v) is 8.74. The SMILES string of the molecule is C#CCOCCOCCOCCOCC=C[C@@H]1C[C@H](OC=O)N[C@H]1C(NC(C)=O)[C@](C)(CCC)OC. The topological polar surface area (TPSA) is 114 Å². The highest BCUT2D eigenvalue weighted by atomic mass is 16.6. The molecule has 0 aliphatic carbocycles. The Morgan fingerprint density at radius 1 is 1.17 bits per heavy atom. The van der Waals surface area contributed by atoms with E-state index in [9.17, 15) is 9.59 Å². The van der Waals surface area contributed by atoms with Crippen LogP contribution >= 0.6 is 0 Å². The lowest BCUT2D eigenvalue weighted by atomic mass is 9.81. The van der Waals surface area contributed by atoms with Crippen LogP contribution in [0.25, 0.3) is 0 Å². The van der Waals surface area contributed by atoms with E-state index in [-0.39, 0.29) is 30.5 Å². The fourth-order valence-corrected chi connectivity index (χ4v) is 4.30. The minimum Gasteiger partial charge on any atom is -0.449 e. The molecule has 1 unspecified atom stereocenters. The molecular weight excluding hydrogens is 468 g/mol. The number of carbonyl (C=O) groups is 2. The Labute approximate surface area is 215 Å². The Kier molecular flexibility index (Phi) is 17.0. The quantitative estimate of drug-likeness (QED) is 0.102. The van der Waals surface area contributed by atoms with Crippen LogP contribution in [0.5, 0.6) is 0 Å². The standard InChI is InChI=1S/C26H44N2O8/c1-6-10-26(4,31-5)25(27-21(3)30)24-22(19-23(28-24)36-20-29)9-8-12-33-14-16-35-18-17-34-15-13-32-11-7-2/h2,8-9,20,22-25,28H,6,10-19H2,1,3-5H3,(H,27,30)/t22-,23+,24-,25?,26+/m1/s1. The van der Waals surface area contributed by atoms with Crippen LogP contribution in [0.2, 0.25) is 0 Å². The molecule has 10 nitrogen and oxygen atoms in total. The highest BCUT2D eigenvalue weighted by Crippen LogP contribution is 2.32. The van der Waals surface area contributed by atoms with E-state index in [2.05, 4.69) is 23.5 Å². The molecule has 0 aromatic rings. The van der Waals surface area contributed by atoms with Crippen molar-refractivity contribution in [3.63, 3.8) is 0 Å². The van der Waals surface area contributed by atoms with Crippen molar-refractivity contribution in [1.82, 2.24) is 10.6 Å². The summed E-state index contributed by atoms with van der Waals surface area (Å²) in [7, 11) is 1.65. The lowest BCUT2D eigenvalue weighted by Crippen LogP contribution is -2.62. The molecule has 1 rings (SSSR count). The molecule has 1 aliphatic rings. The summed E-state index contributed by atoms with van der Waals surface area (Å²) in [4.78, 5) is 23.0. The van der Waals surface area contributed by atoms with Crippen LogP contribution in [0.4, 0.5) is 0 Å². The van der Waals surface area contributed by atoms with Crippen LogP contribution in [0.1, 0.15) is 40.0 Å². The highest BCUT2D eigenvalue weighted by Gasteiger charge is 2.46. The molecule has 0 saturated carbocycles. The minimum atomic E-state index is -0.591. The van der Waals surface area contributed by atoms with Gasteiger partial charge < -0.3 is 33.7 Å². The first-order valence-electron chi connectivity index (χ1n) is 12.5. The molecule has 0 aromatic carbocycles. The van der Waals surface area contributed by atoms with Gasteiger partial charge in [-0.3, -0.25) is 14.9 Å². The predicted octanol–water partition coefficient (Wildman–Crippen LogP) is 1.43. The van der Waals surface area contributed by atoms with Crippen LogP contribution in [-0.4, -0.2) is 96.3 Å². The zero-order chi connectivity index (χ0) is 26.7. The molecule has 10 heteroatoms. The lowest BCUT2D eigenvalue weighted by molar-refractivity contribution is -0.135. The number of rotatable bonds is 21. The van der Waals surface area contributed by atoms with Gasteiger partial charge in [0.15, 0.2) is 6.23 Å². The van der Waals surface area contributed by atoms with Crippen molar-refractivity contribution in [3.8, 4) is 12.3 Å². The Hall–Kier alpha value is -2.00. The van der Waals surface area contributed by atoms with E-state index in [4.69, 9.17) is 34.8 Å². The molecule has 0 aromatic heterocycles. The Morgan fingerprint density at radius 2 is 1.81 bits per heavy atom. The summed E-state index contributed by atoms with van der Waals surface area (Å²) in [5.41, 5.74) is -0.591. The minimum absolute atomic E-state index is 0.000238. The molecule has 206 valence electrons. The molecule has 2 N–H and O–H groups in total. The van der Waals surface area contributed by atoms with Crippen molar-refractivity contribution in [2.24, 2.45) is 5.92 Å². The van der Waals surface area contributed by atoms with Gasteiger partial charge in [-0.15, -0.1) is 6.42 Å². The number of nitrogens with one attached hydrogen (secondary N) is 2. The van der Waals surface area contributed by atoms with E-state index in [1.165, 1.54) is 6.92 Å². The number of terminal acetylenes is 1. The molecule has 0 bridgehead atoms. The summed E-state index contributed by atoms with van der Waals surface area (Å²) in [5.74, 6) is 2.25. The molecule has 5 atom stereocenters. The molecule has 1 fully saturated rings. The summed E-state index contributed by atoms with van der Waals surface area (Å²) >= 11 is 0. The first-order valence-corrected chi connectivity index (χ1v) is 12.5. The third-order valence-electron chi connectivity index (χ3n) is 6.03. The van der Waals surface area contributed by atoms with Crippen LogP contribution < -0.4 is 10.6 Å². The Balaban J connectivity index is 2.51. The fourth-order valence-electron chi connectivity index (χ4n) is 4.30. The van der Waals surface area contributed by atoms with Crippen molar-refractivity contribution in [2.75, 3.05) is 60.0 Å². The largest absolute Gasteiger partial charge is 0.449 e. The second kappa shape index (κ2) is 19.2. The summed E-state index contributed by atoms with van der Waals surface area (Å²) < 4.78 is 32.7. The van der Waals surface area contributed by atoms with E-state index in [1.807, 2.05) is 19.1 Å². The van der Waals surface area contributed by atoms with E-state index in [0.29, 0.717) is 59.1 Å². The second-order valence-electron chi connectivity index (χ2n) is 8.74. The highest BCUT2D eigenvalue weighted by molar-refractivity contribution is 5.73. The first kappa shape index (κ1) is 32.0. The summed E-state index contributed by atoms with van der Waals surface area (Å²) in [5, 5.41) is 6.42. The van der Waals surface area contributed by atoms with Gasteiger partial charge in [-0.1, -0.05) is 31.4 Å². The number of amides is 1. The smallest absolute Gasteiger partial charge is 0.294 e. The monoisotopic (exact) mass is 512 g/mol. The van der Waals surface area contributed by atoms with Crippen LogP contribution in [0.15, 0.2) is 12.2 Å². The number of carbonyl (C=O) groups excluding carboxylic acids is 2. The third-order valence-corrected chi connectivity index (χ3v) is 6.03. The molecule has 1 amide bonds. The molecular formula is C26H44N2O8. The van der Waals surface area contributed by atoms with Gasteiger partial charge in [-0.2, -0.15) is 0 Å². The third kappa shape index (κ3) is 12.3. The van der Waals surface area contributed by atoms with Crippen LogP contribution in [0, 0.1) is 18.3 Å². The van der Waals surface area contributed by atoms with E-state index in [0.717, 1.165) is 12.8 Å². The van der Waals surface area contributed by atoms with Gasteiger partial charge in [0.1, 0.15) is 6.61 Å². The zero-order valence-corrected chi connectivity index (χ0v) is 22.2. The molecule has 36 heavy (non-hydrogen) atoms. The predicted molar refractivity (Wildman–Crippen MR) is 135 cm³/mol. The lowest BCUT2D eigenvalue weighted by Gasteiger charge is -2.41. The number of hydrogen-bond acceptors (Lipinski definition) is 9. The van der Waals surface area contributed by atoms with E-state index in [1.54, 1.807) is 7.11 Å². The van der Waals surface area contributed by atoms with E-state index < -0.39 is 11.8 Å². The number of ether oxygens (including phenoxy) is 6. The van der Waals surface area contributed by atoms with Gasteiger partial charge in [0.25, 0.3) is 6.47 Å². The van der Waals surface area contributed by atoms with Gasteiger partial charge in [-0.25, -0.2) is 0 Å². The maximum atomic E-state index is 12.0. The van der Waals surface area contributed by atoms with Crippen molar-refractivity contribution >= 4 is 12.4 Å². The fraction of sp³-hybridized carbons (Fsp3) is 0.769. The molecule has 0 spiro atoms. The molecule has 1 aliphatic heterocycles. The van der Waals surface area contributed by atoms with E-state index >= 15 is 0 Å². The van der Waals surface area contributed by atoms with Gasteiger partial charge >= 0.3 is 0 Å². The summed E-state index contributed by atoms with van der Waals surface area (Å²) in [6, 6.07) is -0.512. The van der Waals surface area contributed by atoms with Crippen LogP contribution in [-0.2, 0) is 38.0 Å². The van der Waals surface area contributed by atoms with Gasteiger partial charge in [0.05, 0.1) is 57.9 Å². The van der Waals surface area contributed by atoms with Gasteiger partial charge in [-0.05, 0) is 19.3 Å². The first-order chi connectivity index (χ1) is 17.4.